The van der Waals surface area contributed by atoms with Gasteiger partial charge in [-0.3, -0.25) is 0 Å². The summed E-state index contributed by atoms with van der Waals surface area (Å²) < 4.78 is 3.66. The molecule has 0 atom stereocenters. The normalized spacial score (nSPS) is 10.8. The Morgan fingerprint density at radius 1 is 0.667 bits per heavy atom. The fourth-order valence-corrected chi connectivity index (χ4v) is 4.89. The summed E-state index contributed by atoms with van der Waals surface area (Å²) in [7, 11) is 0. The van der Waals surface area contributed by atoms with Crippen molar-refractivity contribution < 1.29 is 0 Å². The van der Waals surface area contributed by atoms with Crippen molar-refractivity contribution in [3.8, 4) is 5.69 Å². The van der Waals surface area contributed by atoms with E-state index in [0.29, 0.717) is 15.0 Å². The van der Waals surface area contributed by atoms with E-state index in [9.17, 15) is 0 Å². The van der Waals surface area contributed by atoms with Crippen molar-refractivity contribution in [2.45, 2.75) is 18.2 Å². The molecule has 0 radical (unpaired) electrons. The molecule has 0 aliphatic rings. The van der Waals surface area contributed by atoms with Gasteiger partial charge in [0.2, 0.25) is 0 Å². The van der Waals surface area contributed by atoms with Gasteiger partial charge in [0.05, 0.1) is 0 Å². The molecule has 0 unspecified atom stereocenters. The van der Waals surface area contributed by atoms with Gasteiger partial charge in [-0.15, -0.1) is 0 Å². The molecule has 1 heterocycles. The number of benzene rings is 3. The summed E-state index contributed by atoms with van der Waals surface area (Å²) in [4.78, 5) is 0. The SMILES string of the molecule is c1ccc(Cc2nnc(CC[Se]c3ccccc3)n2-c2ccccc2)cc1. The fourth-order valence-electron chi connectivity index (χ4n) is 3.06. The quantitative estimate of drug-likeness (QED) is 0.427. The summed E-state index contributed by atoms with van der Waals surface area (Å²) in [6, 6.07) is 31.6. The Bertz CT molecular complexity index is 966. The first kappa shape index (κ1) is 17.7. The standard InChI is InChI=1S/C23H21N3Se/c1-4-10-19(11-5-1)18-23-25-24-22(26(23)20-12-6-2-7-13-20)16-17-27-21-14-8-3-9-15-21/h1-15H,16-18H2. The molecule has 0 aliphatic carbocycles. The molecular formula is C23H21N3Se. The molecule has 0 aliphatic heterocycles. The molecule has 3 nitrogen and oxygen atoms in total. The van der Waals surface area contributed by atoms with E-state index in [2.05, 4.69) is 93.6 Å². The van der Waals surface area contributed by atoms with Crippen LogP contribution in [0.15, 0.2) is 91.0 Å². The average molecular weight is 418 g/mol. The molecule has 0 N–H and O–H groups in total. The zero-order valence-corrected chi connectivity index (χ0v) is 16.7. The molecule has 4 aromatic rings. The maximum absolute atomic E-state index is 4.54. The third-order valence-electron chi connectivity index (χ3n) is 4.35. The summed E-state index contributed by atoms with van der Waals surface area (Å²) in [5, 5.41) is 10.2. The molecule has 4 rings (SSSR count). The summed E-state index contributed by atoms with van der Waals surface area (Å²) in [6.45, 7) is 0. The Morgan fingerprint density at radius 2 is 1.26 bits per heavy atom. The van der Waals surface area contributed by atoms with Crippen LogP contribution in [0.25, 0.3) is 5.69 Å². The van der Waals surface area contributed by atoms with Crippen LogP contribution in [0.5, 0.6) is 0 Å². The van der Waals surface area contributed by atoms with E-state index < -0.39 is 0 Å². The molecule has 0 saturated carbocycles. The minimum atomic E-state index is 0.453. The van der Waals surface area contributed by atoms with E-state index in [4.69, 9.17) is 0 Å². The van der Waals surface area contributed by atoms with Crippen LogP contribution in [-0.2, 0) is 12.8 Å². The molecule has 4 heteroatoms. The third kappa shape index (κ3) is 4.54. The Kier molecular flexibility index (Phi) is 5.78. The second kappa shape index (κ2) is 8.81. The van der Waals surface area contributed by atoms with Gasteiger partial charge in [0, 0.05) is 0 Å². The number of hydrogen-bond donors (Lipinski definition) is 0. The molecule has 0 spiro atoms. The second-order valence-corrected chi connectivity index (χ2v) is 8.73. The van der Waals surface area contributed by atoms with Gasteiger partial charge in [-0.05, 0) is 0 Å². The molecular weight excluding hydrogens is 397 g/mol. The van der Waals surface area contributed by atoms with E-state index in [-0.39, 0.29) is 0 Å². The van der Waals surface area contributed by atoms with Gasteiger partial charge in [0.25, 0.3) is 0 Å². The first-order valence-electron chi connectivity index (χ1n) is 9.10. The van der Waals surface area contributed by atoms with Crippen LogP contribution in [0.3, 0.4) is 0 Å². The average Bonchev–Trinajstić information content (AvgIpc) is 3.12. The summed E-state index contributed by atoms with van der Waals surface area (Å²) in [6.07, 6.45) is 1.72. The number of hydrogen-bond acceptors (Lipinski definition) is 2. The monoisotopic (exact) mass is 419 g/mol. The van der Waals surface area contributed by atoms with Crippen molar-refractivity contribution in [2.24, 2.45) is 0 Å². The summed E-state index contributed by atoms with van der Waals surface area (Å²) in [5.74, 6) is 2.04. The third-order valence-corrected chi connectivity index (χ3v) is 6.48. The molecule has 0 fully saturated rings. The second-order valence-electron chi connectivity index (χ2n) is 6.28. The fraction of sp³-hybridized carbons (Fsp3) is 0.130. The number of nitrogens with zero attached hydrogens (tertiary/aromatic N) is 3. The zero-order chi connectivity index (χ0) is 18.3. The van der Waals surface area contributed by atoms with Crippen molar-refractivity contribution in [1.82, 2.24) is 14.8 Å². The predicted octanol–water partition coefficient (Wildman–Crippen LogP) is 3.85. The van der Waals surface area contributed by atoms with Crippen molar-refractivity contribution in [3.63, 3.8) is 0 Å². The van der Waals surface area contributed by atoms with Crippen LogP contribution in [0.2, 0.25) is 5.32 Å². The van der Waals surface area contributed by atoms with Crippen molar-refractivity contribution in [3.05, 3.63) is 108 Å². The van der Waals surface area contributed by atoms with Crippen molar-refractivity contribution in [1.29, 1.82) is 0 Å². The van der Waals surface area contributed by atoms with E-state index in [1.807, 2.05) is 12.1 Å². The van der Waals surface area contributed by atoms with Crippen molar-refractivity contribution in [2.75, 3.05) is 0 Å². The Labute approximate surface area is 166 Å². The number of para-hydroxylation sites is 1. The van der Waals surface area contributed by atoms with Gasteiger partial charge in [-0.25, -0.2) is 0 Å². The van der Waals surface area contributed by atoms with Crippen LogP contribution in [0, 0.1) is 0 Å². The molecule has 0 saturated heterocycles. The molecule has 134 valence electrons. The Morgan fingerprint density at radius 3 is 1.96 bits per heavy atom. The molecule has 0 amide bonds. The van der Waals surface area contributed by atoms with Gasteiger partial charge in [0.15, 0.2) is 0 Å². The first-order valence-corrected chi connectivity index (χ1v) is 11.2. The van der Waals surface area contributed by atoms with Crippen molar-refractivity contribution >= 4 is 19.4 Å². The van der Waals surface area contributed by atoms with Crippen LogP contribution in [0.4, 0.5) is 0 Å². The van der Waals surface area contributed by atoms with Gasteiger partial charge < -0.3 is 0 Å². The van der Waals surface area contributed by atoms with E-state index in [1.165, 1.54) is 10.0 Å². The zero-order valence-electron chi connectivity index (χ0n) is 15.0. The number of rotatable bonds is 7. The molecule has 0 bridgehead atoms. The van der Waals surface area contributed by atoms with E-state index in [1.54, 1.807) is 0 Å². The number of aryl methyl sites for hydroxylation is 1. The Hall–Kier alpha value is -2.68. The minimum absolute atomic E-state index is 0.453. The molecule has 27 heavy (non-hydrogen) atoms. The van der Waals surface area contributed by atoms with Crippen LogP contribution in [-0.4, -0.2) is 29.7 Å². The first-order chi connectivity index (χ1) is 13.4. The van der Waals surface area contributed by atoms with Crippen LogP contribution in [0.1, 0.15) is 17.2 Å². The van der Waals surface area contributed by atoms with Gasteiger partial charge >= 0.3 is 166 Å². The van der Waals surface area contributed by atoms with Crippen LogP contribution < -0.4 is 4.46 Å². The molecule has 3 aromatic carbocycles. The topological polar surface area (TPSA) is 30.7 Å². The maximum atomic E-state index is 4.54. The van der Waals surface area contributed by atoms with Gasteiger partial charge in [0.1, 0.15) is 0 Å². The number of aromatic nitrogens is 3. The van der Waals surface area contributed by atoms with E-state index in [0.717, 1.165) is 35.5 Å². The summed E-state index contributed by atoms with van der Waals surface area (Å²) >= 11 is 0.453. The summed E-state index contributed by atoms with van der Waals surface area (Å²) in [5.41, 5.74) is 2.39. The predicted molar refractivity (Wildman–Crippen MR) is 111 cm³/mol. The molecule has 1 aromatic heterocycles. The Balaban J connectivity index is 1.57. The van der Waals surface area contributed by atoms with E-state index >= 15 is 0 Å². The van der Waals surface area contributed by atoms with Crippen LogP contribution >= 0.6 is 0 Å². The van der Waals surface area contributed by atoms with Gasteiger partial charge in [-0.1, -0.05) is 0 Å². The van der Waals surface area contributed by atoms with Gasteiger partial charge in [-0.2, -0.15) is 0 Å².